The van der Waals surface area contributed by atoms with Crippen LogP contribution in [-0.2, 0) is 6.42 Å². The van der Waals surface area contributed by atoms with E-state index >= 15 is 0 Å². The molecule has 2 N–H and O–H groups in total. The van der Waals surface area contributed by atoms with Crippen molar-refractivity contribution in [1.82, 2.24) is 0 Å². The van der Waals surface area contributed by atoms with Crippen molar-refractivity contribution in [2.75, 3.05) is 18.0 Å². The molecule has 0 unspecified atom stereocenters. The van der Waals surface area contributed by atoms with Gasteiger partial charge in [0.1, 0.15) is 5.75 Å². The van der Waals surface area contributed by atoms with Crippen LogP contribution in [0.3, 0.4) is 0 Å². The normalized spacial score (nSPS) is 13.1. The summed E-state index contributed by atoms with van der Waals surface area (Å²) in [6, 6.07) is 7.91. The van der Waals surface area contributed by atoms with Crippen LogP contribution in [0.1, 0.15) is 49.8 Å². The predicted molar refractivity (Wildman–Crippen MR) is 110 cm³/mol. The Morgan fingerprint density at radius 2 is 1.88 bits per heavy atom. The van der Waals surface area contributed by atoms with E-state index in [0.717, 1.165) is 72.3 Å². The minimum atomic E-state index is 0.146. The SMILES string of the molecule is C=C(C)c1ccc(C)cc1-c1c(O)cc(CCCCC)c(N2CC2)c1O. The number of benzene rings is 2. The lowest BCUT2D eigenvalue weighted by Crippen LogP contribution is -2.01. The van der Waals surface area contributed by atoms with Crippen molar-refractivity contribution in [1.29, 1.82) is 0 Å². The van der Waals surface area contributed by atoms with Gasteiger partial charge in [-0.1, -0.05) is 55.7 Å². The van der Waals surface area contributed by atoms with Crippen LogP contribution in [0.2, 0.25) is 0 Å². The maximum absolute atomic E-state index is 11.1. The van der Waals surface area contributed by atoms with Gasteiger partial charge >= 0.3 is 0 Å². The monoisotopic (exact) mass is 351 g/mol. The van der Waals surface area contributed by atoms with Crippen LogP contribution in [-0.4, -0.2) is 23.3 Å². The molecule has 0 spiro atoms. The highest BCUT2D eigenvalue weighted by molar-refractivity contribution is 5.91. The molecule has 3 nitrogen and oxygen atoms in total. The third-order valence-corrected chi connectivity index (χ3v) is 5.05. The second-order valence-corrected chi connectivity index (χ2v) is 7.40. The molecule has 3 rings (SSSR count). The molecule has 2 aromatic carbocycles. The Balaban J connectivity index is 2.16. The number of allylic oxidation sites excluding steroid dienone is 1. The van der Waals surface area contributed by atoms with E-state index in [-0.39, 0.29) is 11.5 Å². The standard InChI is InChI=1S/C23H29NO2/c1-5-6-7-8-17-14-20(25)21(23(26)22(17)24-11-12-24)19-13-16(4)9-10-18(19)15(2)3/h9-10,13-14,25-26H,2,5-8,11-12H2,1,3-4H3. The second kappa shape index (κ2) is 7.45. The van der Waals surface area contributed by atoms with Gasteiger partial charge in [-0.2, -0.15) is 0 Å². The van der Waals surface area contributed by atoms with Crippen LogP contribution in [0.25, 0.3) is 16.7 Å². The number of anilines is 1. The number of phenols is 2. The smallest absolute Gasteiger partial charge is 0.150 e. The summed E-state index contributed by atoms with van der Waals surface area (Å²) in [5.41, 5.74) is 6.26. The van der Waals surface area contributed by atoms with Crippen molar-refractivity contribution in [2.45, 2.75) is 46.5 Å². The summed E-state index contributed by atoms with van der Waals surface area (Å²) in [5.74, 6) is 0.342. The lowest BCUT2D eigenvalue weighted by atomic mass is 9.90. The highest BCUT2D eigenvalue weighted by Gasteiger charge is 2.29. The molecule has 0 saturated carbocycles. The highest BCUT2D eigenvalue weighted by atomic mass is 16.3. The molecule has 0 aromatic heterocycles. The van der Waals surface area contributed by atoms with Crippen molar-refractivity contribution in [3.05, 3.63) is 47.5 Å². The summed E-state index contributed by atoms with van der Waals surface area (Å²) in [7, 11) is 0. The summed E-state index contributed by atoms with van der Waals surface area (Å²) in [6.45, 7) is 12.1. The van der Waals surface area contributed by atoms with Crippen LogP contribution in [0.4, 0.5) is 5.69 Å². The van der Waals surface area contributed by atoms with E-state index in [1.54, 1.807) is 0 Å². The van der Waals surface area contributed by atoms with E-state index in [2.05, 4.69) is 18.4 Å². The number of hydrogen-bond donors (Lipinski definition) is 2. The predicted octanol–water partition coefficient (Wildman–Crippen LogP) is 5.66. The Labute approximate surface area is 156 Å². The maximum Gasteiger partial charge on any atom is 0.150 e. The van der Waals surface area contributed by atoms with E-state index in [1.165, 1.54) is 0 Å². The van der Waals surface area contributed by atoms with Gasteiger partial charge in [0, 0.05) is 13.1 Å². The molecule has 0 bridgehead atoms. The van der Waals surface area contributed by atoms with Crippen LogP contribution in [0.15, 0.2) is 30.8 Å². The molecule has 1 saturated heterocycles. The lowest BCUT2D eigenvalue weighted by molar-refractivity contribution is 0.453. The van der Waals surface area contributed by atoms with Gasteiger partial charge in [0.2, 0.25) is 0 Å². The quantitative estimate of drug-likeness (QED) is 0.500. The number of unbranched alkanes of at least 4 members (excludes halogenated alkanes) is 2. The van der Waals surface area contributed by atoms with E-state index in [9.17, 15) is 10.2 Å². The van der Waals surface area contributed by atoms with Crippen LogP contribution in [0, 0.1) is 6.92 Å². The molecule has 1 aliphatic rings. The number of aromatic hydroxyl groups is 2. The first kappa shape index (κ1) is 18.4. The van der Waals surface area contributed by atoms with Gasteiger partial charge in [0.05, 0.1) is 11.3 Å². The fourth-order valence-corrected chi connectivity index (χ4v) is 3.58. The first-order valence-corrected chi connectivity index (χ1v) is 9.53. The van der Waals surface area contributed by atoms with Crippen molar-refractivity contribution >= 4 is 11.3 Å². The molecule has 0 amide bonds. The molecular formula is C23H29NO2. The fourth-order valence-electron chi connectivity index (χ4n) is 3.58. The zero-order valence-electron chi connectivity index (χ0n) is 16.1. The Kier molecular flexibility index (Phi) is 5.26. The van der Waals surface area contributed by atoms with Crippen molar-refractivity contribution in [3.8, 4) is 22.6 Å². The minimum absolute atomic E-state index is 0.146. The topological polar surface area (TPSA) is 43.5 Å². The van der Waals surface area contributed by atoms with Crippen LogP contribution >= 0.6 is 0 Å². The van der Waals surface area contributed by atoms with Crippen molar-refractivity contribution in [3.63, 3.8) is 0 Å². The average molecular weight is 351 g/mol. The zero-order chi connectivity index (χ0) is 18.8. The maximum atomic E-state index is 11.1. The number of nitrogens with zero attached hydrogens (tertiary/aromatic N) is 1. The molecular weight excluding hydrogens is 322 g/mol. The van der Waals surface area contributed by atoms with E-state index in [4.69, 9.17) is 0 Å². The summed E-state index contributed by atoms with van der Waals surface area (Å²) in [5, 5.41) is 21.9. The molecule has 2 aromatic rings. The fraction of sp³-hybridized carbons (Fsp3) is 0.391. The second-order valence-electron chi connectivity index (χ2n) is 7.40. The Hall–Kier alpha value is -2.42. The van der Waals surface area contributed by atoms with Gasteiger partial charge in [-0.05, 0) is 49.4 Å². The lowest BCUT2D eigenvalue weighted by Gasteiger charge is -2.20. The molecule has 26 heavy (non-hydrogen) atoms. The van der Waals surface area contributed by atoms with E-state index < -0.39 is 0 Å². The molecule has 0 atom stereocenters. The van der Waals surface area contributed by atoms with Crippen LogP contribution < -0.4 is 4.90 Å². The minimum Gasteiger partial charge on any atom is -0.507 e. The number of aryl methyl sites for hydroxylation is 2. The van der Waals surface area contributed by atoms with Crippen molar-refractivity contribution in [2.24, 2.45) is 0 Å². The third kappa shape index (κ3) is 3.57. The summed E-state index contributed by atoms with van der Waals surface area (Å²) in [6.07, 6.45) is 4.25. The molecule has 3 heteroatoms. The van der Waals surface area contributed by atoms with E-state index in [1.807, 2.05) is 38.1 Å². The summed E-state index contributed by atoms with van der Waals surface area (Å²) < 4.78 is 0. The Morgan fingerprint density at radius 1 is 1.15 bits per heavy atom. The summed E-state index contributed by atoms with van der Waals surface area (Å²) in [4.78, 5) is 2.18. The number of rotatable bonds is 7. The van der Waals surface area contributed by atoms with Gasteiger partial charge in [-0.15, -0.1) is 0 Å². The molecule has 1 fully saturated rings. The van der Waals surface area contributed by atoms with Gasteiger partial charge in [0.25, 0.3) is 0 Å². The summed E-state index contributed by atoms with van der Waals surface area (Å²) >= 11 is 0. The Bertz CT molecular complexity index is 835. The molecule has 1 heterocycles. The van der Waals surface area contributed by atoms with Gasteiger partial charge in [0.15, 0.2) is 5.75 Å². The largest absolute Gasteiger partial charge is 0.507 e. The molecule has 138 valence electrons. The number of phenolic OH excluding ortho intramolecular Hbond substituents is 2. The van der Waals surface area contributed by atoms with Gasteiger partial charge in [-0.3, -0.25) is 0 Å². The zero-order valence-corrected chi connectivity index (χ0v) is 16.1. The Morgan fingerprint density at radius 3 is 2.50 bits per heavy atom. The highest BCUT2D eigenvalue weighted by Crippen LogP contribution is 2.49. The first-order chi connectivity index (χ1) is 12.4. The average Bonchev–Trinajstić information content (AvgIpc) is 3.39. The van der Waals surface area contributed by atoms with Crippen LogP contribution in [0.5, 0.6) is 11.5 Å². The molecule has 0 aliphatic carbocycles. The molecule has 1 aliphatic heterocycles. The van der Waals surface area contributed by atoms with Gasteiger partial charge in [-0.25, -0.2) is 0 Å². The number of hydrogen-bond acceptors (Lipinski definition) is 3. The van der Waals surface area contributed by atoms with E-state index in [0.29, 0.717) is 5.56 Å². The van der Waals surface area contributed by atoms with Gasteiger partial charge < -0.3 is 15.1 Å². The first-order valence-electron chi connectivity index (χ1n) is 9.53. The molecule has 0 radical (unpaired) electrons. The van der Waals surface area contributed by atoms with Crippen molar-refractivity contribution < 1.29 is 10.2 Å². The third-order valence-electron chi connectivity index (χ3n) is 5.05.